The Bertz CT molecular complexity index is 720. The third-order valence-electron chi connectivity index (χ3n) is 4.56. The van der Waals surface area contributed by atoms with E-state index in [1.807, 2.05) is 11.6 Å². The number of aromatic nitrogens is 5. The highest BCUT2D eigenvalue weighted by atomic mass is 16.4. The molecule has 2 heterocycles. The molecule has 0 aromatic carbocycles. The summed E-state index contributed by atoms with van der Waals surface area (Å²) in [7, 11) is 0. The molecule has 24 heavy (non-hydrogen) atoms. The number of nitrogens with zero attached hydrogens (tertiary/aromatic N) is 5. The number of nitrogens with one attached hydrogen (secondary N) is 1. The predicted molar refractivity (Wildman–Crippen MR) is 87.8 cm³/mol. The summed E-state index contributed by atoms with van der Waals surface area (Å²) in [6.07, 6.45) is 5.31. The molecule has 130 valence electrons. The third kappa shape index (κ3) is 3.19. The normalized spacial score (nSPS) is 17.0. The van der Waals surface area contributed by atoms with Crippen LogP contribution in [0.1, 0.15) is 54.3 Å². The lowest BCUT2D eigenvalue weighted by Crippen LogP contribution is -2.35. The number of carboxylic acids is 1. The number of rotatable bonds is 7. The number of carboxylic acid groups (broad SMARTS) is 1. The van der Waals surface area contributed by atoms with Crippen LogP contribution in [-0.2, 0) is 32.5 Å². The molecule has 0 saturated heterocycles. The minimum Gasteiger partial charge on any atom is -0.476 e. The average molecular weight is 332 g/mol. The number of aryl methyl sites for hydroxylation is 2. The SMILES string of the molecule is CCCn1cnnc1CN[C@@H]1CCc2c(c(C(=O)O)nn2CC)C1. The topological polar surface area (TPSA) is 97.9 Å². The van der Waals surface area contributed by atoms with Gasteiger partial charge < -0.3 is 15.0 Å². The predicted octanol–water partition coefficient (Wildman–Crippen LogP) is 1.25. The van der Waals surface area contributed by atoms with Gasteiger partial charge in [-0.05, 0) is 32.6 Å². The monoisotopic (exact) mass is 332 g/mol. The van der Waals surface area contributed by atoms with Crippen LogP contribution >= 0.6 is 0 Å². The molecule has 0 amide bonds. The van der Waals surface area contributed by atoms with E-state index in [1.54, 1.807) is 6.33 Å². The molecule has 0 fully saturated rings. The van der Waals surface area contributed by atoms with Crippen LogP contribution in [0.25, 0.3) is 0 Å². The summed E-state index contributed by atoms with van der Waals surface area (Å²) in [6, 6.07) is 0.233. The molecule has 1 aliphatic rings. The largest absolute Gasteiger partial charge is 0.476 e. The summed E-state index contributed by atoms with van der Waals surface area (Å²) in [5.74, 6) is -0.0212. The first-order valence-corrected chi connectivity index (χ1v) is 8.55. The van der Waals surface area contributed by atoms with Gasteiger partial charge >= 0.3 is 5.97 Å². The zero-order chi connectivity index (χ0) is 17.1. The van der Waals surface area contributed by atoms with Crippen LogP contribution in [0.4, 0.5) is 0 Å². The van der Waals surface area contributed by atoms with Gasteiger partial charge in [0.05, 0.1) is 6.54 Å². The van der Waals surface area contributed by atoms with Gasteiger partial charge in [0.2, 0.25) is 0 Å². The maximum absolute atomic E-state index is 11.5. The Labute approximate surface area is 140 Å². The Kier molecular flexibility index (Phi) is 4.94. The first-order valence-electron chi connectivity index (χ1n) is 8.55. The molecule has 8 heteroatoms. The van der Waals surface area contributed by atoms with Crippen molar-refractivity contribution in [1.82, 2.24) is 29.9 Å². The molecule has 0 unspecified atom stereocenters. The second-order valence-corrected chi connectivity index (χ2v) is 6.16. The van der Waals surface area contributed by atoms with Gasteiger partial charge in [-0.2, -0.15) is 5.10 Å². The highest BCUT2D eigenvalue weighted by Gasteiger charge is 2.28. The number of hydrogen-bond acceptors (Lipinski definition) is 5. The van der Waals surface area contributed by atoms with E-state index in [1.165, 1.54) is 0 Å². The van der Waals surface area contributed by atoms with E-state index in [-0.39, 0.29) is 11.7 Å². The fraction of sp³-hybridized carbons (Fsp3) is 0.625. The van der Waals surface area contributed by atoms with Crippen LogP contribution in [0.15, 0.2) is 6.33 Å². The van der Waals surface area contributed by atoms with Gasteiger partial charge in [0.25, 0.3) is 0 Å². The van der Waals surface area contributed by atoms with E-state index in [2.05, 4.69) is 32.1 Å². The Balaban J connectivity index is 1.70. The van der Waals surface area contributed by atoms with Gasteiger partial charge in [0.1, 0.15) is 12.2 Å². The van der Waals surface area contributed by atoms with E-state index in [0.717, 1.165) is 42.9 Å². The minimum absolute atomic E-state index is 0.201. The molecule has 8 nitrogen and oxygen atoms in total. The fourth-order valence-electron chi connectivity index (χ4n) is 3.37. The lowest BCUT2D eigenvalue weighted by atomic mass is 9.91. The lowest BCUT2D eigenvalue weighted by Gasteiger charge is -2.24. The van der Waals surface area contributed by atoms with E-state index in [0.29, 0.717) is 19.5 Å². The van der Waals surface area contributed by atoms with Gasteiger partial charge in [-0.3, -0.25) is 4.68 Å². The molecular formula is C16H24N6O2. The summed E-state index contributed by atoms with van der Waals surface area (Å²) in [4.78, 5) is 11.5. The Morgan fingerprint density at radius 2 is 2.29 bits per heavy atom. The van der Waals surface area contributed by atoms with Gasteiger partial charge in [-0.1, -0.05) is 6.92 Å². The van der Waals surface area contributed by atoms with Crippen LogP contribution in [0.5, 0.6) is 0 Å². The molecule has 0 spiro atoms. The van der Waals surface area contributed by atoms with Crippen molar-refractivity contribution in [3.05, 3.63) is 29.1 Å². The van der Waals surface area contributed by atoms with Crippen molar-refractivity contribution in [1.29, 1.82) is 0 Å². The molecule has 0 aliphatic heterocycles. The van der Waals surface area contributed by atoms with E-state index in [4.69, 9.17) is 0 Å². The molecule has 3 rings (SSSR count). The molecule has 2 aromatic rings. The zero-order valence-corrected chi connectivity index (χ0v) is 14.2. The standard InChI is InChI=1S/C16H24N6O2/c1-3-7-21-10-18-19-14(21)9-17-11-5-6-13-12(8-11)15(16(23)24)20-22(13)4-2/h10-11,17H,3-9H2,1-2H3,(H,23,24)/t11-/m1/s1. The van der Waals surface area contributed by atoms with Gasteiger partial charge in [-0.15, -0.1) is 10.2 Å². The van der Waals surface area contributed by atoms with Crippen molar-refractivity contribution in [3.8, 4) is 0 Å². The van der Waals surface area contributed by atoms with Crippen molar-refractivity contribution in [2.75, 3.05) is 0 Å². The second kappa shape index (κ2) is 7.12. The first-order chi connectivity index (χ1) is 11.6. The molecule has 0 bridgehead atoms. The molecule has 1 aliphatic carbocycles. The summed E-state index contributed by atoms with van der Waals surface area (Å²) in [5, 5.41) is 25.3. The first kappa shape index (κ1) is 16.6. The van der Waals surface area contributed by atoms with Crippen molar-refractivity contribution in [3.63, 3.8) is 0 Å². The Morgan fingerprint density at radius 3 is 3.00 bits per heavy atom. The number of aromatic carboxylic acids is 1. The Hall–Kier alpha value is -2.22. The number of hydrogen-bond donors (Lipinski definition) is 2. The molecule has 2 aromatic heterocycles. The highest BCUT2D eigenvalue weighted by Crippen LogP contribution is 2.25. The Morgan fingerprint density at radius 1 is 1.46 bits per heavy atom. The van der Waals surface area contributed by atoms with Gasteiger partial charge in [0, 0.05) is 30.4 Å². The second-order valence-electron chi connectivity index (χ2n) is 6.16. The van der Waals surface area contributed by atoms with Crippen molar-refractivity contribution >= 4 is 5.97 Å². The molecular weight excluding hydrogens is 308 g/mol. The fourth-order valence-corrected chi connectivity index (χ4v) is 3.37. The van der Waals surface area contributed by atoms with E-state index < -0.39 is 5.97 Å². The van der Waals surface area contributed by atoms with Crippen LogP contribution in [-0.4, -0.2) is 41.7 Å². The molecule has 1 atom stereocenters. The molecule has 2 N–H and O–H groups in total. The van der Waals surface area contributed by atoms with Crippen LogP contribution in [0, 0.1) is 0 Å². The zero-order valence-electron chi connectivity index (χ0n) is 14.2. The lowest BCUT2D eigenvalue weighted by molar-refractivity contribution is 0.0688. The average Bonchev–Trinajstić information content (AvgIpc) is 3.17. The summed E-state index contributed by atoms with van der Waals surface area (Å²) in [5.41, 5.74) is 2.15. The van der Waals surface area contributed by atoms with E-state index >= 15 is 0 Å². The maximum Gasteiger partial charge on any atom is 0.356 e. The van der Waals surface area contributed by atoms with Crippen molar-refractivity contribution in [2.45, 2.75) is 65.2 Å². The van der Waals surface area contributed by atoms with Crippen LogP contribution in [0.3, 0.4) is 0 Å². The number of carbonyl (C=O) groups is 1. The maximum atomic E-state index is 11.5. The summed E-state index contributed by atoms with van der Waals surface area (Å²) in [6.45, 7) is 6.37. The van der Waals surface area contributed by atoms with Crippen LogP contribution < -0.4 is 5.32 Å². The summed E-state index contributed by atoms with van der Waals surface area (Å²) < 4.78 is 3.88. The smallest absolute Gasteiger partial charge is 0.356 e. The minimum atomic E-state index is -0.943. The molecule has 0 radical (unpaired) electrons. The molecule has 0 saturated carbocycles. The highest BCUT2D eigenvalue weighted by molar-refractivity contribution is 5.87. The van der Waals surface area contributed by atoms with Gasteiger partial charge in [-0.25, -0.2) is 4.79 Å². The third-order valence-corrected chi connectivity index (χ3v) is 4.56. The van der Waals surface area contributed by atoms with Crippen LogP contribution in [0.2, 0.25) is 0 Å². The van der Waals surface area contributed by atoms with Gasteiger partial charge in [0.15, 0.2) is 5.69 Å². The van der Waals surface area contributed by atoms with Crippen molar-refractivity contribution < 1.29 is 9.90 Å². The number of fused-ring (bicyclic) bond motifs is 1. The van der Waals surface area contributed by atoms with E-state index in [9.17, 15) is 9.90 Å². The quantitative estimate of drug-likeness (QED) is 0.792. The summed E-state index contributed by atoms with van der Waals surface area (Å²) >= 11 is 0. The van der Waals surface area contributed by atoms with Crippen molar-refractivity contribution in [2.24, 2.45) is 0 Å².